The van der Waals surface area contributed by atoms with Crippen LogP contribution < -0.4 is 0 Å². The Bertz CT molecular complexity index is 1470. The van der Waals surface area contributed by atoms with E-state index in [1.807, 2.05) is 6.92 Å². The average molecular weight is 809 g/mol. The normalized spacial score (nSPS) is 53.9. The summed E-state index contributed by atoms with van der Waals surface area (Å²) in [6, 6.07) is 0. The first kappa shape index (κ1) is 42.0. The van der Waals surface area contributed by atoms with Crippen LogP contribution in [-0.4, -0.2) is 136 Å². The van der Waals surface area contributed by atoms with Crippen LogP contribution in [-0.2, 0) is 47.5 Å². The van der Waals surface area contributed by atoms with Crippen LogP contribution in [0.1, 0.15) is 105 Å². The van der Waals surface area contributed by atoms with E-state index in [4.69, 9.17) is 37.9 Å². The van der Waals surface area contributed by atoms with Gasteiger partial charge in [-0.3, -0.25) is 4.79 Å². The summed E-state index contributed by atoms with van der Waals surface area (Å²) in [5.41, 5.74) is -0.790. The molecule has 8 aliphatic rings. The van der Waals surface area contributed by atoms with Crippen molar-refractivity contribution in [3.63, 3.8) is 0 Å². The van der Waals surface area contributed by atoms with Gasteiger partial charge in [-0.25, -0.2) is 4.79 Å². The Kier molecular flexibility index (Phi) is 11.7. The largest absolute Gasteiger partial charge is 0.464 e. The van der Waals surface area contributed by atoms with Gasteiger partial charge in [0.05, 0.1) is 48.3 Å². The molecule has 8 rings (SSSR count). The van der Waals surface area contributed by atoms with E-state index in [0.717, 1.165) is 50.5 Å². The SMILES string of the molecule is C[C@H]1O[C@@H](O[C@H]2[C@@H](O)C[C@H](O[C@H]3[C@@H](O)C[C@H](O[C@@H]4CC[C@@]5(C)[C@H](CC[C@@H]6[C@@H]5CC[C@]5(C)[C@H](C7=CC(=O)OC7)[C@@H](OC=O)C[C@@]65O)C4)O[C@@H]3C)O[C@@H]2C)C[C@H](O)[C@@H]1O. The lowest BCUT2D eigenvalue weighted by Gasteiger charge is -2.63. The average Bonchev–Trinajstić information content (AvgIpc) is 3.67. The summed E-state index contributed by atoms with van der Waals surface area (Å²) in [6.45, 7) is 10.4. The lowest BCUT2D eigenvalue weighted by molar-refractivity contribution is -0.336. The molecule has 57 heavy (non-hydrogen) atoms. The third-order valence-electron chi connectivity index (χ3n) is 16.0. The number of cyclic esters (lactones) is 1. The van der Waals surface area contributed by atoms with Crippen LogP contribution in [0.15, 0.2) is 11.6 Å². The van der Waals surface area contributed by atoms with Crippen LogP contribution in [0.25, 0.3) is 0 Å². The van der Waals surface area contributed by atoms with Gasteiger partial charge in [0.1, 0.15) is 31.0 Å². The van der Waals surface area contributed by atoms with Crippen LogP contribution in [0.3, 0.4) is 0 Å². The first-order chi connectivity index (χ1) is 27.0. The van der Waals surface area contributed by atoms with Crippen molar-refractivity contribution in [3.8, 4) is 0 Å². The van der Waals surface area contributed by atoms with E-state index in [9.17, 15) is 35.1 Å². The first-order valence-corrected chi connectivity index (χ1v) is 21.4. The number of hydrogen-bond donors (Lipinski definition) is 5. The molecule has 5 N–H and O–H groups in total. The summed E-state index contributed by atoms with van der Waals surface area (Å²) in [7, 11) is 0. The molecule has 0 aromatic heterocycles. The highest BCUT2D eigenvalue weighted by atomic mass is 16.7. The highest BCUT2D eigenvalue weighted by Gasteiger charge is 2.71. The van der Waals surface area contributed by atoms with Gasteiger partial charge in [0, 0.05) is 43.1 Å². The molecule has 0 aromatic carbocycles. The molecule has 0 radical (unpaired) electrons. The van der Waals surface area contributed by atoms with Crippen LogP contribution in [0.5, 0.6) is 0 Å². The fourth-order valence-corrected chi connectivity index (χ4v) is 13.0. The smallest absolute Gasteiger partial charge is 0.331 e. The Morgan fingerprint density at radius 3 is 1.95 bits per heavy atom. The van der Waals surface area contributed by atoms with Gasteiger partial charge in [0.15, 0.2) is 18.9 Å². The minimum Gasteiger partial charge on any atom is -0.464 e. The monoisotopic (exact) mass is 808 g/mol. The fraction of sp³-hybridized carbons (Fsp3) is 0.905. The minimum absolute atomic E-state index is 0.00114. The van der Waals surface area contributed by atoms with Crippen molar-refractivity contribution < 1.29 is 73.0 Å². The molecule has 15 nitrogen and oxygen atoms in total. The number of aliphatic hydroxyl groups is 5. The summed E-state index contributed by atoms with van der Waals surface area (Å²) in [4.78, 5) is 23.7. The summed E-state index contributed by atoms with van der Waals surface area (Å²) >= 11 is 0. The van der Waals surface area contributed by atoms with Crippen molar-refractivity contribution in [2.24, 2.45) is 34.5 Å². The second-order valence-electron chi connectivity index (χ2n) is 19.1. The van der Waals surface area contributed by atoms with Crippen LogP contribution in [0.2, 0.25) is 0 Å². The summed E-state index contributed by atoms with van der Waals surface area (Å²) in [6.07, 6.45) is -1.35. The van der Waals surface area contributed by atoms with Gasteiger partial charge in [-0.1, -0.05) is 13.8 Å². The molecule has 15 heteroatoms. The Morgan fingerprint density at radius 1 is 0.754 bits per heavy atom. The second kappa shape index (κ2) is 15.9. The van der Waals surface area contributed by atoms with E-state index >= 15 is 0 Å². The Balaban J connectivity index is 0.844. The van der Waals surface area contributed by atoms with Crippen molar-refractivity contribution in [1.82, 2.24) is 0 Å². The number of carbonyl (C=O) groups is 2. The molecular formula is C42H64O15. The van der Waals surface area contributed by atoms with Gasteiger partial charge < -0.3 is 63.4 Å². The molecule has 0 spiro atoms. The maximum Gasteiger partial charge on any atom is 0.331 e. The number of aliphatic hydroxyl groups excluding tert-OH is 4. The third-order valence-corrected chi connectivity index (χ3v) is 16.0. The highest BCUT2D eigenvalue weighted by Crippen LogP contribution is 2.70. The second-order valence-corrected chi connectivity index (χ2v) is 19.1. The van der Waals surface area contributed by atoms with E-state index in [0.29, 0.717) is 24.7 Å². The Hall–Kier alpha value is -1.76. The summed E-state index contributed by atoms with van der Waals surface area (Å²) in [5, 5.41) is 55.2. The summed E-state index contributed by atoms with van der Waals surface area (Å²) in [5.74, 6) is 0.0703. The molecule has 4 heterocycles. The van der Waals surface area contributed by atoms with Crippen molar-refractivity contribution in [1.29, 1.82) is 0 Å². The fourth-order valence-electron chi connectivity index (χ4n) is 13.0. The molecule has 4 saturated carbocycles. The zero-order valence-corrected chi connectivity index (χ0v) is 33.9. The molecule has 7 fully saturated rings. The van der Waals surface area contributed by atoms with Crippen LogP contribution >= 0.6 is 0 Å². The highest BCUT2D eigenvalue weighted by molar-refractivity contribution is 5.85. The quantitative estimate of drug-likeness (QED) is 0.129. The van der Waals surface area contributed by atoms with Gasteiger partial charge in [-0.15, -0.1) is 0 Å². The Morgan fingerprint density at radius 2 is 1.37 bits per heavy atom. The minimum atomic E-state index is -1.05. The molecule has 0 bridgehead atoms. The molecule has 4 aliphatic heterocycles. The van der Waals surface area contributed by atoms with Crippen molar-refractivity contribution in [2.45, 2.75) is 197 Å². The van der Waals surface area contributed by atoms with Crippen molar-refractivity contribution >= 4 is 12.4 Å². The molecule has 0 amide bonds. The van der Waals surface area contributed by atoms with Crippen molar-refractivity contribution in [2.75, 3.05) is 6.61 Å². The molecule has 3 saturated heterocycles. The Labute approximate surface area is 334 Å². The topological polar surface area (TPSA) is 209 Å². The van der Waals surface area contributed by atoms with Crippen LogP contribution in [0, 0.1) is 34.5 Å². The predicted octanol–water partition coefficient (Wildman–Crippen LogP) is 2.40. The molecule has 21 atom stereocenters. The molecule has 0 unspecified atom stereocenters. The van der Waals surface area contributed by atoms with Gasteiger partial charge in [-0.2, -0.15) is 0 Å². The third kappa shape index (κ3) is 7.42. The van der Waals surface area contributed by atoms with E-state index in [1.54, 1.807) is 13.8 Å². The number of carbonyl (C=O) groups excluding carboxylic acids is 2. The number of ether oxygens (including phenoxy) is 8. The van der Waals surface area contributed by atoms with E-state index in [-0.39, 0.29) is 55.2 Å². The molecule has 322 valence electrons. The molecule has 4 aliphatic carbocycles. The van der Waals surface area contributed by atoms with E-state index in [2.05, 4.69) is 13.8 Å². The van der Waals surface area contributed by atoms with E-state index in [1.165, 1.54) is 6.08 Å². The lowest BCUT2D eigenvalue weighted by Crippen LogP contribution is -2.62. The van der Waals surface area contributed by atoms with E-state index < -0.39 is 90.9 Å². The maximum absolute atomic E-state index is 12.8. The molecular weight excluding hydrogens is 744 g/mol. The van der Waals surface area contributed by atoms with Gasteiger partial charge >= 0.3 is 5.97 Å². The predicted molar refractivity (Wildman–Crippen MR) is 198 cm³/mol. The van der Waals surface area contributed by atoms with Crippen molar-refractivity contribution in [3.05, 3.63) is 11.6 Å². The summed E-state index contributed by atoms with van der Waals surface area (Å²) < 4.78 is 47.8. The first-order valence-electron chi connectivity index (χ1n) is 21.4. The molecule has 0 aromatic rings. The lowest BCUT2D eigenvalue weighted by atomic mass is 9.43. The number of fused-ring (bicyclic) bond motifs is 5. The van der Waals surface area contributed by atoms with Gasteiger partial charge in [-0.05, 0) is 94.5 Å². The number of rotatable bonds is 9. The van der Waals surface area contributed by atoms with Crippen LogP contribution in [0.4, 0.5) is 0 Å². The van der Waals surface area contributed by atoms with Gasteiger partial charge in [0.25, 0.3) is 6.47 Å². The standard InChI is InChI=1S/C42H64O15/c1-20-37(48)28(44)14-34(52-20)56-39-22(3)54-35(16-30(39)46)57-38-21(2)53-33(15-29(38)45)55-25-8-10-40(4)24(13-25)6-7-27-26(40)9-11-41(5)36(23-12-32(47)50-18-23)31(51-19-43)17-42(27,41)49/h12,19-22,24-31,33-39,44-46,48-49H,6-11,13-18H2,1-5H3/t20-,21-,22-,24-,25-,26+,27-,28+,29+,30+,31+,33+,34+,35+,36-,37-,38-,39-,40+,41-,42-/m1/s1. The zero-order chi connectivity index (χ0) is 40.6. The van der Waals surface area contributed by atoms with Gasteiger partial charge in [0.2, 0.25) is 0 Å². The number of esters is 1. The zero-order valence-electron chi connectivity index (χ0n) is 33.9. The maximum atomic E-state index is 12.8. The number of hydrogen-bond acceptors (Lipinski definition) is 15.